The van der Waals surface area contributed by atoms with E-state index in [9.17, 15) is 0 Å². The van der Waals surface area contributed by atoms with E-state index in [1.165, 1.54) is 29.3 Å². The van der Waals surface area contributed by atoms with Crippen molar-refractivity contribution in [3.05, 3.63) is 45.5 Å². The molecule has 86 valence electrons. The molecule has 0 spiro atoms. The molecule has 0 bridgehead atoms. The monoisotopic (exact) mass is 352 g/mol. The lowest BCUT2D eigenvalue weighted by molar-refractivity contribution is 0.878. The smallest absolute Gasteiger partial charge is 0.0488 e. The van der Waals surface area contributed by atoms with E-state index < -0.39 is 0 Å². The van der Waals surface area contributed by atoms with Gasteiger partial charge in [-0.2, -0.15) is 0 Å². The van der Waals surface area contributed by atoms with E-state index in [0.29, 0.717) is 5.92 Å². The van der Waals surface area contributed by atoms with Gasteiger partial charge in [0.25, 0.3) is 0 Å². The van der Waals surface area contributed by atoms with Crippen molar-refractivity contribution in [2.24, 2.45) is 0 Å². The van der Waals surface area contributed by atoms with Gasteiger partial charge in [-0.05, 0) is 40.1 Å². The molecule has 0 aliphatic rings. The minimum absolute atomic E-state index is 0.587. The summed E-state index contributed by atoms with van der Waals surface area (Å²) in [5, 5.41) is 2.81. The van der Waals surface area contributed by atoms with E-state index in [4.69, 9.17) is 0 Å². The molecular weight excluding hydrogens is 339 g/mol. The molecular formula is C15H13IS. The van der Waals surface area contributed by atoms with E-state index in [1.807, 2.05) is 11.3 Å². The molecule has 0 aliphatic carbocycles. The van der Waals surface area contributed by atoms with Crippen LogP contribution in [0.3, 0.4) is 0 Å². The third-order valence-electron chi connectivity index (χ3n) is 3.13. The van der Waals surface area contributed by atoms with Crippen LogP contribution in [0.15, 0.2) is 36.4 Å². The summed E-state index contributed by atoms with van der Waals surface area (Å²) in [6.45, 7) is 4.54. The SMILES string of the molecule is CC(C)c1cccc2c1sc1c(I)cccc12. The summed E-state index contributed by atoms with van der Waals surface area (Å²) in [6, 6.07) is 13.3. The molecule has 0 saturated heterocycles. The van der Waals surface area contributed by atoms with Crippen molar-refractivity contribution in [3.63, 3.8) is 0 Å². The van der Waals surface area contributed by atoms with Crippen LogP contribution in [-0.2, 0) is 0 Å². The second-order valence-electron chi connectivity index (χ2n) is 4.60. The number of benzene rings is 2. The second kappa shape index (κ2) is 4.25. The normalized spacial score (nSPS) is 11.8. The molecule has 0 N–H and O–H groups in total. The Kier molecular flexibility index (Phi) is 2.87. The highest BCUT2D eigenvalue weighted by Crippen LogP contribution is 2.39. The molecule has 2 aromatic carbocycles. The highest BCUT2D eigenvalue weighted by atomic mass is 127. The van der Waals surface area contributed by atoms with Gasteiger partial charge >= 0.3 is 0 Å². The molecule has 3 rings (SSSR count). The zero-order valence-corrected chi connectivity index (χ0v) is 12.8. The van der Waals surface area contributed by atoms with Crippen LogP contribution in [0.4, 0.5) is 0 Å². The molecule has 0 nitrogen and oxygen atoms in total. The van der Waals surface area contributed by atoms with Crippen LogP contribution < -0.4 is 0 Å². The summed E-state index contributed by atoms with van der Waals surface area (Å²) in [7, 11) is 0. The molecule has 3 aromatic rings. The Bertz CT molecular complexity index is 695. The molecule has 1 aromatic heterocycles. The fourth-order valence-electron chi connectivity index (χ4n) is 2.26. The van der Waals surface area contributed by atoms with E-state index in [2.05, 4.69) is 72.8 Å². The molecule has 0 radical (unpaired) electrons. The standard InChI is InChI=1S/C15H13IS/c1-9(2)10-5-3-6-11-12-7-4-8-13(16)15(12)17-14(10)11/h3-9H,1-2H3. The third-order valence-corrected chi connectivity index (χ3v) is 5.70. The maximum absolute atomic E-state index is 2.43. The van der Waals surface area contributed by atoms with Crippen LogP contribution in [0.25, 0.3) is 20.2 Å². The van der Waals surface area contributed by atoms with Gasteiger partial charge in [0.05, 0.1) is 0 Å². The Morgan fingerprint density at radius 2 is 1.59 bits per heavy atom. The Morgan fingerprint density at radius 1 is 0.941 bits per heavy atom. The Hall–Kier alpha value is -0.610. The number of thiophene rings is 1. The van der Waals surface area contributed by atoms with Crippen molar-refractivity contribution in [2.75, 3.05) is 0 Å². The summed E-state index contributed by atoms with van der Waals surface area (Å²) in [4.78, 5) is 0. The van der Waals surface area contributed by atoms with Gasteiger partial charge in [-0.15, -0.1) is 11.3 Å². The van der Waals surface area contributed by atoms with Crippen molar-refractivity contribution in [3.8, 4) is 0 Å². The Balaban J connectivity index is 2.51. The topological polar surface area (TPSA) is 0 Å². The van der Waals surface area contributed by atoms with Crippen LogP contribution in [0.2, 0.25) is 0 Å². The van der Waals surface area contributed by atoms with E-state index in [-0.39, 0.29) is 0 Å². The highest BCUT2D eigenvalue weighted by Gasteiger charge is 2.11. The van der Waals surface area contributed by atoms with E-state index in [1.54, 1.807) is 0 Å². The van der Waals surface area contributed by atoms with Crippen molar-refractivity contribution in [1.82, 2.24) is 0 Å². The van der Waals surface area contributed by atoms with Gasteiger partial charge < -0.3 is 0 Å². The number of fused-ring (bicyclic) bond motifs is 3. The molecule has 0 saturated carbocycles. The summed E-state index contributed by atoms with van der Waals surface area (Å²) in [5.74, 6) is 0.587. The van der Waals surface area contributed by atoms with Crippen molar-refractivity contribution >= 4 is 54.1 Å². The Labute approximate surface area is 119 Å². The van der Waals surface area contributed by atoms with Gasteiger partial charge in [0.1, 0.15) is 0 Å². The third kappa shape index (κ3) is 1.78. The van der Waals surface area contributed by atoms with Crippen molar-refractivity contribution in [1.29, 1.82) is 0 Å². The van der Waals surface area contributed by atoms with Gasteiger partial charge in [0, 0.05) is 23.7 Å². The van der Waals surface area contributed by atoms with Crippen LogP contribution >= 0.6 is 33.9 Å². The van der Waals surface area contributed by atoms with Gasteiger partial charge in [-0.25, -0.2) is 0 Å². The van der Waals surface area contributed by atoms with Crippen LogP contribution in [0, 0.1) is 3.57 Å². The summed E-state index contributed by atoms with van der Waals surface area (Å²) in [6.07, 6.45) is 0. The van der Waals surface area contributed by atoms with Gasteiger partial charge in [0.15, 0.2) is 0 Å². The lowest BCUT2D eigenvalue weighted by atomic mass is 10.0. The van der Waals surface area contributed by atoms with Crippen LogP contribution in [-0.4, -0.2) is 0 Å². The first-order chi connectivity index (χ1) is 8.18. The van der Waals surface area contributed by atoms with Crippen LogP contribution in [0.5, 0.6) is 0 Å². The maximum Gasteiger partial charge on any atom is 0.0488 e. The molecule has 17 heavy (non-hydrogen) atoms. The molecule has 0 fully saturated rings. The lowest BCUT2D eigenvalue weighted by Crippen LogP contribution is -1.85. The first-order valence-corrected chi connectivity index (χ1v) is 7.67. The predicted octanol–water partition coefficient (Wildman–Crippen LogP) is 5.78. The van der Waals surface area contributed by atoms with Crippen molar-refractivity contribution in [2.45, 2.75) is 19.8 Å². The Morgan fingerprint density at radius 3 is 2.29 bits per heavy atom. The number of rotatable bonds is 1. The summed E-state index contributed by atoms with van der Waals surface area (Å²) in [5.41, 5.74) is 1.47. The zero-order chi connectivity index (χ0) is 12.0. The first kappa shape index (κ1) is 11.5. The van der Waals surface area contributed by atoms with E-state index in [0.717, 1.165) is 0 Å². The molecule has 0 aliphatic heterocycles. The molecule has 1 heterocycles. The lowest BCUT2D eigenvalue weighted by Gasteiger charge is -2.05. The van der Waals surface area contributed by atoms with Crippen LogP contribution in [0.1, 0.15) is 25.3 Å². The van der Waals surface area contributed by atoms with E-state index >= 15 is 0 Å². The zero-order valence-electron chi connectivity index (χ0n) is 9.83. The fraction of sp³-hybridized carbons (Fsp3) is 0.200. The van der Waals surface area contributed by atoms with Gasteiger partial charge in [0.2, 0.25) is 0 Å². The number of hydrogen-bond donors (Lipinski definition) is 0. The largest absolute Gasteiger partial charge is 0.134 e. The minimum Gasteiger partial charge on any atom is -0.134 e. The molecule has 0 atom stereocenters. The van der Waals surface area contributed by atoms with Gasteiger partial charge in [-0.1, -0.05) is 44.2 Å². The average Bonchev–Trinajstić information content (AvgIpc) is 2.69. The molecule has 0 amide bonds. The van der Waals surface area contributed by atoms with Crippen molar-refractivity contribution < 1.29 is 0 Å². The maximum atomic E-state index is 2.43. The second-order valence-corrected chi connectivity index (χ2v) is 6.78. The summed E-state index contributed by atoms with van der Waals surface area (Å²) >= 11 is 4.37. The number of halogens is 1. The number of hydrogen-bond acceptors (Lipinski definition) is 1. The fourth-order valence-corrected chi connectivity index (χ4v) is 4.46. The molecule has 2 heteroatoms. The van der Waals surface area contributed by atoms with Gasteiger partial charge in [-0.3, -0.25) is 0 Å². The molecule has 0 unspecified atom stereocenters. The highest BCUT2D eigenvalue weighted by molar-refractivity contribution is 14.1. The summed E-state index contributed by atoms with van der Waals surface area (Å²) < 4.78 is 4.24. The quantitative estimate of drug-likeness (QED) is 0.487. The minimum atomic E-state index is 0.587. The average molecular weight is 352 g/mol. The predicted molar refractivity (Wildman–Crippen MR) is 86.1 cm³/mol. The first-order valence-electron chi connectivity index (χ1n) is 5.78.